The van der Waals surface area contributed by atoms with E-state index in [2.05, 4.69) is 26.3 Å². The van der Waals surface area contributed by atoms with E-state index < -0.39 is 0 Å². The Morgan fingerprint density at radius 2 is 1.50 bits per heavy atom. The van der Waals surface area contributed by atoms with Crippen molar-refractivity contribution < 1.29 is 4.79 Å². The molecule has 0 aliphatic carbocycles. The van der Waals surface area contributed by atoms with E-state index in [9.17, 15) is 4.79 Å². The van der Waals surface area contributed by atoms with Gasteiger partial charge in [0.1, 0.15) is 0 Å². The van der Waals surface area contributed by atoms with Gasteiger partial charge in [-0.2, -0.15) is 0 Å². The Bertz CT molecular complexity index is 284. The molecule has 3 heteroatoms. The van der Waals surface area contributed by atoms with Crippen molar-refractivity contribution in [1.29, 1.82) is 0 Å². The highest BCUT2D eigenvalue weighted by molar-refractivity contribution is 5.91. The van der Waals surface area contributed by atoms with E-state index in [1.165, 1.54) is 0 Å². The third-order valence-electron chi connectivity index (χ3n) is 1.92. The van der Waals surface area contributed by atoms with Gasteiger partial charge in [-0.05, 0) is 6.92 Å². The van der Waals surface area contributed by atoms with Gasteiger partial charge in [-0.1, -0.05) is 24.8 Å². The number of carbonyl (C=O) groups is 1. The third kappa shape index (κ3) is 4.28. The summed E-state index contributed by atoms with van der Waals surface area (Å²) in [5.74, 6) is -0.108. The van der Waals surface area contributed by atoms with Gasteiger partial charge in [0, 0.05) is 18.7 Å². The van der Waals surface area contributed by atoms with Gasteiger partial charge >= 0.3 is 0 Å². The molecule has 0 saturated carbocycles. The largest absolute Gasteiger partial charge is 0.268 e. The maximum Gasteiger partial charge on any atom is 0.263 e. The summed E-state index contributed by atoms with van der Waals surface area (Å²) >= 11 is 0. The lowest BCUT2D eigenvalue weighted by molar-refractivity contribution is -0.141. The maximum atomic E-state index is 11.9. The van der Waals surface area contributed by atoms with Crippen LogP contribution in [0.4, 0.5) is 0 Å². The molecule has 0 aromatic rings. The van der Waals surface area contributed by atoms with Crippen LogP contribution in [0.3, 0.4) is 0 Å². The Morgan fingerprint density at radius 1 is 1.06 bits per heavy atom. The molecule has 0 unspecified atom stereocenters. The topological polar surface area (TPSA) is 23.6 Å². The summed E-state index contributed by atoms with van der Waals surface area (Å²) in [7, 11) is 0. The minimum Gasteiger partial charge on any atom is -0.268 e. The second-order valence-corrected chi connectivity index (χ2v) is 3.41. The molecule has 3 nitrogen and oxygen atoms in total. The number of hydrogen-bond acceptors (Lipinski definition) is 2. The van der Waals surface area contributed by atoms with Crippen LogP contribution in [0.1, 0.15) is 6.92 Å². The third-order valence-corrected chi connectivity index (χ3v) is 1.92. The summed E-state index contributed by atoms with van der Waals surface area (Å²) in [6, 6.07) is 0. The van der Waals surface area contributed by atoms with Crippen molar-refractivity contribution in [2.24, 2.45) is 0 Å². The Morgan fingerprint density at radius 3 is 1.81 bits per heavy atom. The molecule has 88 valence electrons. The van der Waals surface area contributed by atoms with Gasteiger partial charge in [0.05, 0.1) is 6.54 Å². The molecule has 0 fully saturated rings. The molecule has 0 aromatic carbocycles. The molecule has 0 aliphatic rings. The first-order valence-corrected chi connectivity index (χ1v) is 5.13. The molecule has 0 spiro atoms. The monoisotopic (exact) mass is 220 g/mol. The first-order valence-electron chi connectivity index (χ1n) is 5.13. The van der Waals surface area contributed by atoms with Gasteiger partial charge in [-0.3, -0.25) is 9.80 Å². The zero-order valence-corrected chi connectivity index (χ0v) is 9.98. The van der Waals surface area contributed by atoms with Crippen molar-refractivity contribution in [2.75, 3.05) is 19.6 Å². The Balaban J connectivity index is 4.87. The number of rotatable bonds is 8. The molecule has 0 aliphatic heterocycles. The predicted octanol–water partition coefficient (Wildman–Crippen LogP) is 2.17. The van der Waals surface area contributed by atoms with E-state index in [1.807, 2.05) is 5.01 Å². The van der Waals surface area contributed by atoms with Crippen LogP contribution in [0.5, 0.6) is 0 Å². The summed E-state index contributed by atoms with van der Waals surface area (Å²) in [4.78, 5) is 11.9. The van der Waals surface area contributed by atoms with Crippen LogP contribution in [0, 0.1) is 0 Å². The van der Waals surface area contributed by atoms with Crippen molar-refractivity contribution in [3.8, 4) is 0 Å². The first kappa shape index (κ1) is 14.4. The summed E-state index contributed by atoms with van der Waals surface area (Å²) in [6.45, 7) is 17.9. The number of hydrogen-bond donors (Lipinski definition) is 0. The first-order chi connectivity index (χ1) is 7.58. The van der Waals surface area contributed by atoms with Crippen LogP contribution >= 0.6 is 0 Å². The van der Waals surface area contributed by atoms with Crippen LogP contribution in [0.15, 0.2) is 50.1 Å². The normalized spacial score (nSPS) is 9.62. The Hall–Kier alpha value is -1.61. The molecule has 16 heavy (non-hydrogen) atoms. The second kappa shape index (κ2) is 7.65. The number of hydrazine groups is 1. The Kier molecular flexibility index (Phi) is 6.88. The number of carbonyl (C=O) groups excluding carboxylic acids is 1. The number of amides is 1. The van der Waals surface area contributed by atoms with E-state index in [-0.39, 0.29) is 5.91 Å². The lowest BCUT2D eigenvalue weighted by Gasteiger charge is -2.32. The molecule has 0 radical (unpaired) electrons. The van der Waals surface area contributed by atoms with E-state index >= 15 is 0 Å². The fourth-order valence-electron chi connectivity index (χ4n) is 1.24. The molecule has 0 heterocycles. The second-order valence-electron chi connectivity index (χ2n) is 3.41. The van der Waals surface area contributed by atoms with E-state index in [1.54, 1.807) is 30.2 Å². The quantitative estimate of drug-likeness (QED) is 0.355. The van der Waals surface area contributed by atoms with Gasteiger partial charge in [-0.25, -0.2) is 5.01 Å². The standard InChI is InChI=1S/C13H20N2O/c1-6-9-14(10-7-2)15(11-8-3)13(16)12(4)5/h6-8H,1-4,9-11H2,5H3. The van der Waals surface area contributed by atoms with E-state index in [0.717, 1.165) is 0 Å². The van der Waals surface area contributed by atoms with Crippen LogP contribution < -0.4 is 0 Å². The minimum absolute atomic E-state index is 0.108. The van der Waals surface area contributed by atoms with Gasteiger partial charge in [-0.15, -0.1) is 19.7 Å². The molecule has 0 aromatic heterocycles. The summed E-state index contributed by atoms with van der Waals surface area (Å²) in [6.07, 6.45) is 5.16. The predicted molar refractivity (Wildman–Crippen MR) is 68.7 cm³/mol. The fraction of sp³-hybridized carbons (Fsp3) is 0.308. The van der Waals surface area contributed by atoms with Crippen molar-refractivity contribution >= 4 is 5.91 Å². The van der Waals surface area contributed by atoms with E-state index in [4.69, 9.17) is 0 Å². The van der Waals surface area contributed by atoms with Gasteiger partial charge in [0.15, 0.2) is 0 Å². The van der Waals surface area contributed by atoms with Crippen LogP contribution in [0.2, 0.25) is 0 Å². The van der Waals surface area contributed by atoms with Crippen LogP contribution in [-0.4, -0.2) is 35.6 Å². The van der Waals surface area contributed by atoms with Crippen molar-refractivity contribution in [2.45, 2.75) is 6.92 Å². The zero-order chi connectivity index (χ0) is 12.6. The summed E-state index contributed by atoms with van der Waals surface area (Å²) < 4.78 is 0. The molecule has 0 bridgehead atoms. The van der Waals surface area contributed by atoms with Crippen LogP contribution in [0.25, 0.3) is 0 Å². The lowest BCUT2D eigenvalue weighted by Crippen LogP contribution is -2.47. The van der Waals surface area contributed by atoms with Crippen LogP contribution in [-0.2, 0) is 4.79 Å². The highest BCUT2D eigenvalue weighted by atomic mass is 16.2. The fourth-order valence-corrected chi connectivity index (χ4v) is 1.24. The van der Waals surface area contributed by atoms with Crippen molar-refractivity contribution in [1.82, 2.24) is 10.0 Å². The molecule has 0 N–H and O–H groups in total. The lowest BCUT2D eigenvalue weighted by atomic mass is 10.3. The highest BCUT2D eigenvalue weighted by Crippen LogP contribution is 2.05. The van der Waals surface area contributed by atoms with Crippen molar-refractivity contribution in [3.05, 3.63) is 50.1 Å². The van der Waals surface area contributed by atoms with E-state index in [0.29, 0.717) is 25.2 Å². The highest BCUT2D eigenvalue weighted by Gasteiger charge is 2.18. The minimum atomic E-state index is -0.108. The van der Waals surface area contributed by atoms with Gasteiger partial charge < -0.3 is 0 Å². The molecule has 0 saturated heterocycles. The SMILES string of the molecule is C=CCN(CC=C)N(CC=C)C(=O)C(=C)C. The van der Waals surface area contributed by atoms with Gasteiger partial charge in [0.25, 0.3) is 5.91 Å². The molecule has 0 rings (SSSR count). The average Bonchev–Trinajstić information content (AvgIpc) is 2.24. The molecule has 0 atom stereocenters. The summed E-state index contributed by atoms with van der Waals surface area (Å²) in [5.41, 5.74) is 0.500. The molecular weight excluding hydrogens is 200 g/mol. The summed E-state index contributed by atoms with van der Waals surface area (Å²) in [5, 5.41) is 3.44. The number of nitrogens with zero attached hydrogens (tertiary/aromatic N) is 2. The van der Waals surface area contributed by atoms with Gasteiger partial charge in [0.2, 0.25) is 0 Å². The Labute approximate surface area is 98.0 Å². The molecule has 1 amide bonds. The average molecular weight is 220 g/mol. The smallest absolute Gasteiger partial charge is 0.263 e. The molecular formula is C13H20N2O. The van der Waals surface area contributed by atoms with Crippen molar-refractivity contribution in [3.63, 3.8) is 0 Å². The maximum absolute atomic E-state index is 11.9. The zero-order valence-electron chi connectivity index (χ0n) is 9.98.